The van der Waals surface area contributed by atoms with Gasteiger partial charge in [0.15, 0.2) is 11.3 Å². The van der Waals surface area contributed by atoms with Gasteiger partial charge in [-0.25, -0.2) is 9.78 Å². The second-order valence-electron chi connectivity index (χ2n) is 7.99. The highest BCUT2D eigenvalue weighted by molar-refractivity contribution is 6.34. The standard InChI is InChI=1S/C27H20ClN3O5/c1-3-35-23-10-6-7-16-13-19(27(34)36-24(16)23)25(32)30-22-14-17(11-12-20(22)28)31-15(2)29-21-9-5-4-8-18(21)26(31)33/h4-14H,3H2,1-2H3,(H,30,32). The van der Waals surface area contributed by atoms with Crippen molar-refractivity contribution in [3.8, 4) is 11.4 Å². The fraction of sp³-hybridized carbons (Fsp3) is 0.111. The molecule has 0 atom stereocenters. The Bertz CT molecular complexity index is 1770. The first-order valence-corrected chi connectivity index (χ1v) is 11.5. The molecule has 0 aliphatic heterocycles. The predicted molar refractivity (Wildman–Crippen MR) is 139 cm³/mol. The smallest absolute Gasteiger partial charge is 0.349 e. The Labute approximate surface area is 209 Å². The third kappa shape index (κ3) is 4.12. The maximum Gasteiger partial charge on any atom is 0.349 e. The fourth-order valence-electron chi connectivity index (χ4n) is 4.03. The largest absolute Gasteiger partial charge is 0.490 e. The molecule has 0 bridgehead atoms. The molecule has 3 aromatic carbocycles. The number of rotatable bonds is 5. The number of carbonyl (C=O) groups is 1. The normalized spacial score (nSPS) is 11.1. The summed E-state index contributed by atoms with van der Waals surface area (Å²) in [5.41, 5.74) is 0.277. The van der Waals surface area contributed by atoms with Crippen LogP contribution in [0.5, 0.6) is 5.75 Å². The van der Waals surface area contributed by atoms with Crippen LogP contribution in [0.4, 0.5) is 5.69 Å². The average molecular weight is 502 g/mol. The number of halogens is 1. The molecular formula is C27H20ClN3O5. The lowest BCUT2D eigenvalue weighted by atomic mass is 10.1. The van der Waals surface area contributed by atoms with Gasteiger partial charge in [-0.1, -0.05) is 35.9 Å². The molecule has 2 heterocycles. The van der Waals surface area contributed by atoms with Crippen molar-refractivity contribution in [3.63, 3.8) is 0 Å². The molecular weight excluding hydrogens is 482 g/mol. The van der Waals surface area contributed by atoms with E-state index in [0.29, 0.717) is 40.2 Å². The van der Waals surface area contributed by atoms with Crippen LogP contribution in [0.25, 0.3) is 27.6 Å². The number of carbonyl (C=O) groups excluding carboxylic acids is 1. The quantitative estimate of drug-likeness (QED) is 0.336. The number of hydrogen-bond donors (Lipinski definition) is 1. The van der Waals surface area contributed by atoms with Crippen LogP contribution in [-0.4, -0.2) is 22.1 Å². The molecule has 5 aromatic rings. The molecule has 0 aliphatic rings. The van der Waals surface area contributed by atoms with Crippen molar-refractivity contribution in [2.45, 2.75) is 13.8 Å². The van der Waals surface area contributed by atoms with Crippen LogP contribution in [0.15, 0.2) is 80.7 Å². The summed E-state index contributed by atoms with van der Waals surface area (Å²) in [6.07, 6.45) is 0. The maximum absolute atomic E-state index is 13.2. The number of amides is 1. The number of ether oxygens (including phenoxy) is 1. The van der Waals surface area contributed by atoms with Gasteiger partial charge in [-0.3, -0.25) is 14.2 Å². The van der Waals surface area contributed by atoms with E-state index in [4.69, 9.17) is 20.8 Å². The summed E-state index contributed by atoms with van der Waals surface area (Å²) in [6, 6.07) is 18.4. The Kier molecular flexibility index (Phi) is 6.03. The van der Waals surface area contributed by atoms with Gasteiger partial charge >= 0.3 is 5.63 Å². The molecule has 180 valence electrons. The van der Waals surface area contributed by atoms with E-state index >= 15 is 0 Å². The summed E-state index contributed by atoms with van der Waals surface area (Å²) < 4.78 is 12.3. The highest BCUT2D eigenvalue weighted by Gasteiger charge is 2.18. The Balaban J connectivity index is 1.54. The number of aryl methyl sites for hydroxylation is 1. The molecule has 0 saturated heterocycles. The van der Waals surface area contributed by atoms with Crippen molar-refractivity contribution >= 4 is 45.1 Å². The SMILES string of the molecule is CCOc1cccc2cc(C(=O)Nc3cc(-n4c(C)nc5ccccc5c4=O)ccc3Cl)c(=O)oc12. The Morgan fingerprint density at radius 1 is 1.08 bits per heavy atom. The molecule has 36 heavy (non-hydrogen) atoms. The number of aromatic nitrogens is 2. The van der Waals surface area contributed by atoms with E-state index in [-0.39, 0.29) is 27.4 Å². The maximum atomic E-state index is 13.2. The van der Waals surface area contributed by atoms with Crippen LogP contribution in [0.3, 0.4) is 0 Å². The average Bonchev–Trinajstić information content (AvgIpc) is 2.86. The Morgan fingerprint density at radius 3 is 2.69 bits per heavy atom. The number of hydrogen-bond acceptors (Lipinski definition) is 6. The molecule has 5 rings (SSSR count). The number of fused-ring (bicyclic) bond motifs is 2. The zero-order valence-corrected chi connectivity index (χ0v) is 20.1. The van der Waals surface area contributed by atoms with E-state index < -0.39 is 11.5 Å². The summed E-state index contributed by atoms with van der Waals surface area (Å²) in [4.78, 5) is 43.4. The van der Waals surface area contributed by atoms with Crippen molar-refractivity contribution in [2.75, 3.05) is 11.9 Å². The third-order valence-electron chi connectivity index (χ3n) is 5.67. The molecule has 1 N–H and O–H groups in total. The van der Waals surface area contributed by atoms with Crippen LogP contribution in [-0.2, 0) is 0 Å². The summed E-state index contributed by atoms with van der Waals surface area (Å²) in [5.74, 6) is 0.186. The van der Waals surface area contributed by atoms with E-state index in [1.807, 2.05) is 13.0 Å². The molecule has 0 unspecified atom stereocenters. The summed E-state index contributed by atoms with van der Waals surface area (Å²) in [6.45, 7) is 3.94. The summed E-state index contributed by atoms with van der Waals surface area (Å²) in [7, 11) is 0. The van der Waals surface area contributed by atoms with Crippen LogP contribution >= 0.6 is 11.6 Å². The van der Waals surface area contributed by atoms with E-state index in [1.165, 1.54) is 10.6 Å². The third-order valence-corrected chi connectivity index (χ3v) is 6.00. The lowest BCUT2D eigenvalue weighted by Crippen LogP contribution is -2.23. The van der Waals surface area contributed by atoms with E-state index in [0.717, 1.165) is 0 Å². The molecule has 0 radical (unpaired) electrons. The number of anilines is 1. The summed E-state index contributed by atoms with van der Waals surface area (Å²) >= 11 is 6.34. The van der Waals surface area contributed by atoms with Crippen LogP contribution in [0.2, 0.25) is 5.02 Å². The number of nitrogens with zero attached hydrogens (tertiary/aromatic N) is 2. The highest BCUT2D eigenvalue weighted by Crippen LogP contribution is 2.27. The van der Waals surface area contributed by atoms with Gasteiger partial charge in [0.1, 0.15) is 11.4 Å². The lowest BCUT2D eigenvalue weighted by Gasteiger charge is -2.14. The van der Waals surface area contributed by atoms with E-state index in [9.17, 15) is 14.4 Å². The van der Waals surface area contributed by atoms with Crippen molar-refractivity contribution in [1.82, 2.24) is 9.55 Å². The van der Waals surface area contributed by atoms with Crippen LogP contribution < -0.4 is 21.2 Å². The molecule has 9 heteroatoms. The van der Waals surface area contributed by atoms with Gasteiger partial charge in [0.05, 0.1) is 33.9 Å². The molecule has 0 saturated carbocycles. The van der Waals surface area contributed by atoms with Crippen molar-refractivity contribution in [2.24, 2.45) is 0 Å². The van der Waals surface area contributed by atoms with Gasteiger partial charge in [0, 0.05) is 5.39 Å². The second-order valence-corrected chi connectivity index (χ2v) is 8.40. The zero-order chi connectivity index (χ0) is 25.4. The lowest BCUT2D eigenvalue weighted by molar-refractivity contribution is 0.102. The first-order chi connectivity index (χ1) is 17.4. The first kappa shape index (κ1) is 23.3. The monoisotopic (exact) mass is 501 g/mol. The van der Waals surface area contributed by atoms with Crippen molar-refractivity contribution in [3.05, 3.63) is 104 Å². The molecule has 0 fully saturated rings. The topological polar surface area (TPSA) is 103 Å². The number of para-hydroxylation sites is 2. The number of nitrogens with one attached hydrogen (secondary N) is 1. The van der Waals surface area contributed by atoms with Gasteiger partial charge in [-0.05, 0) is 56.3 Å². The fourth-order valence-corrected chi connectivity index (χ4v) is 4.20. The van der Waals surface area contributed by atoms with Crippen molar-refractivity contribution in [1.29, 1.82) is 0 Å². The number of benzene rings is 3. The van der Waals surface area contributed by atoms with Gasteiger partial charge in [-0.2, -0.15) is 0 Å². The van der Waals surface area contributed by atoms with E-state index in [2.05, 4.69) is 10.3 Å². The Morgan fingerprint density at radius 2 is 1.89 bits per heavy atom. The summed E-state index contributed by atoms with van der Waals surface area (Å²) in [5, 5.41) is 3.89. The van der Waals surface area contributed by atoms with Gasteiger partial charge in [-0.15, -0.1) is 0 Å². The predicted octanol–water partition coefficient (Wildman–Crippen LogP) is 5.10. The zero-order valence-electron chi connectivity index (χ0n) is 19.4. The van der Waals surface area contributed by atoms with E-state index in [1.54, 1.807) is 61.5 Å². The van der Waals surface area contributed by atoms with Crippen LogP contribution in [0.1, 0.15) is 23.1 Å². The molecule has 8 nitrogen and oxygen atoms in total. The van der Waals surface area contributed by atoms with Gasteiger partial charge < -0.3 is 14.5 Å². The minimum atomic E-state index is -0.815. The minimum absolute atomic E-state index is 0.196. The van der Waals surface area contributed by atoms with Crippen LogP contribution in [0, 0.1) is 6.92 Å². The van der Waals surface area contributed by atoms with Crippen molar-refractivity contribution < 1.29 is 13.9 Å². The Hall–Kier alpha value is -4.43. The molecule has 2 aromatic heterocycles. The van der Waals surface area contributed by atoms with Gasteiger partial charge in [0.2, 0.25) is 0 Å². The molecule has 0 aliphatic carbocycles. The van der Waals surface area contributed by atoms with Gasteiger partial charge in [0.25, 0.3) is 11.5 Å². The molecule has 0 spiro atoms. The first-order valence-electron chi connectivity index (χ1n) is 11.2. The second kappa shape index (κ2) is 9.31. The minimum Gasteiger partial charge on any atom is -0.490 e. The molecule has 1 amide bonds. The highest BCUT2D eigenvalue weighted by atomic mass is 35.5.